The highest BCUT2D eigenvalue weighted by Gasteiger charge is 1.84. The number of hydrogen-bond acceptors (Lipinski definition) is 0. The van der Waals surface area contributed by atoms with Crippen molar-refractivity contribution in [1.29, 1.82) is 0 Å². The van der Waals surface area contributed by atoms with Crippen LogP contribution in [0, 0.1) is 6.92 Å². The lowest BCUT2D eigenvalue weighted by Gasteiger charge is -1.90. The third-order valence-electron chi connectivity index (χ3n) is 1.18. The fourth-order valence-electron chi connectivity index (χ4n) is 0.710. The molecule has 1 aromatic carbocycles. The molecule has 0 N–H and O–H groups in total. The van der Waals surface area contributed by atoms with Crippen molar-refractivity contribution in [3.8, 4) is 0 Å². The molecule has 0 amide bonds. The highest BCUT2D eigenvalue weighted by Crippen LogP contribution is 2.10. The van der Waals surface area contributed by atoms with Crippen molar-refractivity contribution < 1.29 is 1.43 Å². The largest absolute Gasteiger partial charge is 1.00 e. The molecule has 51 valence electrons. The number of halogens is 1. The van der Waals surface area contributed by atoms with E-state index in [2.05, 4.69) is 6.92 Å². The van der Waals surface area contributed by atoms with Gasteiger partial charge in [-0.2, -0.15) is 0 Å². The number of rotatable bonds is 1. The van der Waals surface area contributed by atoms with Crippen molar-refractivity contribution in [3.05, 3.63) is 47.9 Å². The standard InChI is InChI=1S/C9H8Cl/c1-2-3-8-4-6-9(10)7-5-8/h2-7H,1H2/p+1/b3-2+. The summed E-state index contributed by atoms with van der Waals surface area (Å²) in [5, 5.41) is 0.765. The zero-order valence-electron chi connectivity index (χ0n) is 6.55. The normalized spacial score (nSPS) is 10.6. The molecule has 10 heavy (non-hydrogen) atoms. The van der Waals surface area contributed by atoms with Gasteiger partial charge in [0.2, 0.25) is 0 Å². The van der Waals surface area contributed by atoms with Crippen LogP contribution in [-0.2, 0) is 0 Å². The molecule has 0 atom stereocenters. The van der Waals surface area contributed by atoms with E-state index in [1.54, 1.807) is 6.08 Å². The molecule has 0 aliphatic carbocycles. The van der Waals surface area contributed by atoms with Gasteiger partial charge >= 0.3 is 1.43 Å². The first kappa shape index (κ1) is 7.36. The Balaban J connectivity index is 0.000001000. The van der Waals surface area contributed by atoms with E-state index >= 15 is 0 Å². The second-order valence-electron chi connectivity index (χ2n) is 1.95. The average Bonchev–Trinajstić information content (AvgIpc) is 1.95. The molecule has 0 bridgehead atoms. The highest BCUT2D eigenvalue weighted by molar-refractivity contribution is 6.30. The van der Waals surface area contributed by atoms with Crippen LogP contribution in [0.15, 0.2) is 30.3 Å². The maximum absolute atomic E-state index is 5.67. The molecule has 0 unspecified atom stereocenters. The maximum Gasteiger partial charge on any atom is 1.00 e. The number of allylic oxidation sites excluding steroid dienone is 1. The lowest BCUT2D eigenvalue weighted by atomic mass is 10.2. The molecule has 0 saturated heterocycles. The van der Waals surface area contributed by atoms with Gasteiger partial charge in [0.1, 0.15) is 0 Å². The Bertz CT molecular complexity index is 226. The second-order valence-corrected chi connectivity index (χ2v) is 2.39. The van der Waals surface area contributed by atoms with E-state index in [-0.39, 0.29) is 1.43 Å². The number of hydrogen-bond donors (Lipinski definition) is 0. The molecule has 0 nitrogen and oxygen atoms in total. The van der Waals surface area contributed by atoms with E-state index < -0.39 is 0 Å². The lowest BCUT2D eigenvalue weighted by Crippen LogP contribution is -1.68. The molecule has 1 heteroatoms. The first-order valence-corrected chi connectivity index (χ1v) is 3.42. The van der Waals surface area contributed by atoms with Crippen LogP contribution in [0.2, 0.25) is 5.02 Å². The minimum atomic E-state index is 0. The molecule has 0 spiro atoms. The Morgan fingerprint density at radius 3 is 2.40 bits per heavy atom. The second kappa shape index (κ2) is 3.43. The first-order chi connectivity index (χ1) is 4.83. The minimum Gasteiger partial charge on any atom is -0.0843 e. The van der Waals surface area contributed by atoms with Gasteiger partial charge in [0.25, 0.3) is 0 Å². The summed E-state index contributed by atoms with van der Waals surface area (Å²) in [6, 6.07) is 7.61. The van der Waals surface area contributed by atoms with Crippen molar-refractivity contribution >= 4 is 17.7 Å². The molecular formula is C9H9Cl+. The molecule has 0 fully saturated rings. The molecular weight excluding hydrogens is 144 g/mol. The Morgan fingerprint density at radius 1 is 1.30 bits per heavy atom. The van der Waals surface area contributed by atoms with Gasteiger partial charge in [-0.15, -0.1) is 0 Å². The van der Waals surface area contributed by atoms with E-state index in [0.29, 0.717) is 0 Å². The molecule has 0 heterocycles. The molecule has 0 aromatic heterocycles. The minimum absolute atomic E-state index is 0. The Hall–Kier alpha value is -0.750. The van der Waals surface area contributed by atoms with Crippen molar-refractivity contribution in [2.75, 3.05) is 0 Å². The van der Waals surface area contributed by atoms with Crippen LogP contribution in [-0.4, -0.2) is 0 Å². The summed E-state index contributed by atoms with van der Waals surface area (Å²) in [5.74, 6) is 0. The molecule has 1 rings (SSSR count). The van der Waals surface area contributed by atoms with E-state index in [9.17, 15) is 0 Å². The molecule has 0 saturated carbocycles. The third-order valence-corrected chi connectivity index (χ3v) is 1.43. The van der Waals surface area contributed by atoms with Crippen LogP contribution in [0.5, 0.6) is 0 Å². The van der Waals surface area contributed by atoms with Gasteiger partial charge in [-0.05, 0) is 24.6 Å². The summed E-state index contributed by atoms with van der Waals surface area (Å²) in [7, 11) is 0. The topological polar surface area (TPSA) is 0 Å². The van der Waals surface area contributed by atoms with Crippen LogP contribution in [0.25, 0.3) is 6.08 Å². The van der Waals surface area contributed by atoms with Crippen molar-refractivity contribution in [2.45, 2.75) is 0 Å². The Labute approximate surface area is 67.6 Å². The van der Waals surface area contributed by atoms with Gasteiger partial charge in [-0.1, -0.05) is 35.9 Å². The van der Waals surface area contributed by atoms with Gasteiger partial charge in [0.15, 0.2) is 0 Å². The molecule has 0 aliphatic heterocycles. The summed E-state index contributed by atoms with van der Waals surface area (Å²) < 4.78 is 0. The van der Waals surface area contributed by atoms with Crippen molar-refractivity contribution in [3.63, 3.8) is 0 Å². The highest BCUT2D eigenvalue weighted by atomic mass is 35.5. The Kier molecular flexibility index (Phi) is 2.52. The zero-order valence-corrected chi connectivity index (χ0v) is 6.31. The monoisotopic (exact) mass is 152 g/mol. The molecule has 1 aromatic rings. The van der Waals surface area contributed by atoms with Gasteiger partial charge in [-0.3, -0.25) is 0 Å². The van der Waals surface area contributed by atoms with Crippen molar-refractivity contribution in [2.24, 2.45) is 0 Å². The van der Waals surface area contributed by atoms with Gasteiger partial charge in [0.05, 0.1) is 0 Å². The van der Waals surface area contributed by atoms with Gasteiger partial charge in [-0.25, -0.2) is 0 Å². The predicted molar refractivity (Wildman–Crippen MR) is 47.0 cm³/mol. The SMILES string of the molecule is [CH2]/C=C/c1ccc(Cl)cc1.[H+]. The smallest absolute Gasteiger partial charge is 0.0843 e. The maximum atomic E-state index is 5.67. The summed E-state index contributed by atoms with van der Waals surface area (Å²) >= 11 is 5.67. The van der Waals surface area contributed by atoms with E-state index in [1.165, 1.54) is 0 Å². The Morgan fingerprint density at radius 2 is 1.90 bits per heavy atom. The van der Waals surface area contributed by atoms with Crippen LogP contribution in [0.4, 0.5) is 0 Å². The van der Waals surface area contributed by atoms with Crippen LogP contribution in [0.3, 0.4) is 0 Å². The van der Waals surface area contributed by atoms with Crippen molar-refractivity contribution in [1.82, 2.24) is 0 Å². The molecule has 0 aliphatic rings. The summed E-state index contributed by atoms with van der Waals surface area (Å²) in [5.41, 5.74) is 1.12. The quantitative estimate of drug-likeness (QED) is 0.579. The van der Waals surface area contributed by atoms with Gasteiger partial charge in [0, 0.05) is 5.02 Å². The van der Waals surface area contributed by atoms with Crippen LogP contribution >= 0.6 is 11.6 Å². The van der Waals surface area contributed by atoms with E-state index in [0.717, 1.165) is 10.6 Å². The predicted octanol–water partition coefficient (Wildman–Crippen LogP) is 3.30. The van der Waals surface area contributed by atoms with Crippen LogP contribution < -0.4 is 0 Å². The van der Waals surface area contributed by atoms with Crippen LogP contribution in [0.1, 0.15) is 6.99 Å². The molecule has 1 radical (unpaired) electrons. The summed E-state index contributed by atoms with van der Waals surface area (Å²) in [6.07, 6.45) is 3.68. The van der Waals surface area contributed by atoms with E-state index in [4.69, 9.17) is 11.6 Å². The van der Waals surface area contributed by atoms with E-state index in [1.807, 2.05) is 30.3 Å². The lowest BCUT2D eigenvalue weighted by molar-refractivity contribution is 1.66. The average molecular weight is 153 g/mol. The first-order valence-electron chi connectivity index (χ1n) is 3.04. The fourth-order valence-corrected chi connectivity index (χ4v) is 0.836. The van der Waals surface area contributed by atoms with Gasteiger partial charge < -0.3 is 0 Å². The zero-order chi connectivity index (χ0) is 7.40. The summed E-state index contributed by atoms with van der Waals surface area (Å²) in [6.45, 7) is 3.59. The third kappa shape index (κ3) is 1.89. The number of benzene rings is 1. The summed E-state index contributed by atoms with van der Waals surface area (Å²) in [4.78, 5) is 0. The fraction of sp³-hybridized carbons (Fsp3) is 0.